The Balaban J connectivity index is 3.38. The van der Waals surface area contributed by atoms with Crippen molar-refractivity contribution in [3.05, 3.63) is 0 Å². The zero-order valence-electron chi connectivity index (χ0n) is 7.55. The summed E-state index contributed by atoms with van der Waals surface area (Å²) < 4.78 is 9.62. The first-order valence-corrected chi connectivity index (χ1v) is 4.04. The number of rotatable bonds is 4. The van der Waals surface area contributed by atoms with Gasteiger partial charge < -0.3 is 9.47 Å². The Hall–Kier alpha value is -1.01. The summed E-state index contributed by atoms with van der Waals surface area (Å²) in [4.78, 5) is 10.6. The fraction of sp³-hybridized carbons (Fsp3) is 0.667. The fourth-order valence-corrected chi connectivity index (χ4v) is 0.569. The van der Waals surface area contributed by atoms with Crippen molar-refractivity contribution >= 4 is 5.97 Å². The summed E-state index contributed by atoms with van der Waals surface area (Å²) in [6.45, 7) is 5.29. The molecule has 3 nitrogen and oxygen atoms in total. The molecule has 0 aromatic heterocycles. The zero-order chi connectivity index (χ0) is 9.23. The summed E-state index contributed by atoms with van der Waals surface area (Å²) >= 11 is 0. The quantitative estimate of drug-likeness (QED) is 0.273. The molecule has 0 heterocycles. The van der Waals surface area contributed by atoms with Crippen LogP contribution in [-0.2, 0) is 14.3 Å². The van der Waals surface area contributed by atoms with Crippen LogP contribution in [0.1, 0.15) is 20.3 Å². The second-order valence-electron chi connectivity index (χ2n) is 1.97. The van der Waals surface area contributed by atoms with Crippen LogP contribution in [0.25, 0.3) is 0 Å². The van der Waals surface area contributed by atoms with Gasteiger partial charge in [0.1, 0.15) is 0 Å². The van der Waals surface area contributed by atoms with Crippen LogP contribution in [0.4, 0.5) is 0 Å². The van der Waals surface area contributed by atoms with Gasteiger partial charge in [-0.2, -0.15) is 0 Å². The highest BCUT2D eigenvalue weighted by Gasteiger charge is 1.90. The van der Waals surface area contributed by atoms with E-state index in [0.29, 0.717) is 26.2 Å². The molecule has 0 radical (unpaired) electrons. The minimum atomic E-state index is -0.464. The van der Waals surface area contributed by atoms with Crippen molar-refractivity contribution in [2.45, 2.75) is 20.3 Å². The SMILES string of the molecule is CCOCCC#CC(=O)OCC. The smallest absolute Gasteiger partial charge is 0.384 e. The van der Waals surface area contributed by atoms with Crippen LogP contribution in [0.2, 0.25) is 0 Å². The summed E-state index contributed by atoms with van der Waals surface area (Å²) in [7, 11) is 0. The average molecular weight is 170 g/mol. The molecule has 12 heavy (non-hydrogen) atoms. The Morgan fingerprint density at radius 3 is 2.67 bits per heavy atom. The lowest BCUT2D eigenvalue weighted by Gasteiger charge is -1.93. The lowest BCUT2D eigenvalue weighted by atomic mass is 10.4. The minimum absolute atomic E-state index is 0.374. The minimum Gasteiger partial charge on any atom is -0.456 e. The van der Waals surface area contributed by atoms with E-state index in [1.165, 1.54) is 0 Å². The Kier molecular flexibility index (Phi) is 7.41. The molecule has 0 bridgehead atoms. The van der Waals surface area contributed by atoms with Crippen molar-refractivity contribution in [1.29, 1.82) is 0 Å². The second kappa shape index (κ2) is 8.09. The molecule has 0 atom stereocenters. The third-order valence-electron chi connectivity index (χ3n) is 1.04. The molecule has 0 aliphatic rings. The number of ether oxygens (including phenoxy) is 2. The van der Waals surface area contributed by atoms with E-state index in [0.717, 1.165) is 0 Å². The zero-order valence-corrected chi connectivity index (χ0v) is 7.55. The van der Waals surface area contributed by atoms with Crippen molar-refractivity contribution in [3.63, 3.8) is 0 Å². The van der Waals surface area contributed by atoms with Gasteiger partial charge in [0.15, 0.2) is 0 Å². The highest BCUT2D eigenvalue weighted by atomic mass is 16.5. The van der Waals surface area contributed by atoms with Crippen LogP contribution in [0.3, 0.4) is 0 Å². The molecule has 0 N–H and O–H groups in total. The summed E-state index contributed by atoms with van der Waals surface area (Å²) in [6.07, 6.45) is 0.576. The van der Waals surface area contributed by atoms with Gasteiger partial charge in [-0.05, 0) is 13.8 Å². The van der Waals surface area contributed by atoms with Gasteiger partial charge in [0.05, 0.1) is 13.2 Å². The Morgan fingerprint density at radius 1 is 1.33 bits per heavy atom. The number of esters is 1. The lowest BCUT2D eigenvalue weighted by Crippen LogP contribution is -1.99. The van der Waals surface area contributed by atoms with E-state index >= 15 is 0 Å². The van der Waals surface area contributed by atoms with Crippen molar-refractivity contribution in [2.75, 3.05) is 19.8 Å². The molecule has 0 aromatic carbocycles. The summed E-state index contributed by atoms with van der Waals surface area (Å²) in [5.41, 5.74) is 0. The number of hydrogen-bond acceptors (Lipinski definition) is 3. The standard InChI is InChI=1S/C9H14O3/c1-3-11-8-6-5-7-9(10)12-4-2/h3-4,6,8H2,1-2H3. The van der Waals surface area contributed by atoms with E-state index in [1.807, 2.05) is 6.92 Å². The van der Waals surface area contributed by atoms with Gasteiger partial charge in [-0.3, -0.25) is 0 Å². The first-order valence-electron chi connectivity index (χ1n) is 4.04. The molecule has 0 aromatic rings. The Morgan fingerprint density at radius 2 is 2.08 bits per heavy atom. The normalized spacial score (nSPS) is 8.50. The first kappa shape index (κ1) is 11.0. The highest BCUT2D eigenvalue weighted by Crippen LogP contribution is 1.80. The summed E-state index contributed by atoms with van der Waals surface area (Å²) in [5.74, 6) is 4.54. The molecular formula is C9H14O3. The van der Waals surface area contributed by atoms with Gasteiger partial charge in [-0.1, -0.05) is 5.92 Å². The van der Waals surface area contributed by atoms with Crippen LogP contribution in [0, 0.1) is 11.8 Å². The first-order chi connectivity index (χ1) is 5.81. The molecule has 68 valence electrons. The molecule has 0 unspecified atom stereocenters. The van der Waals surface area contributed by atoms with Gasteiger partial charge in [0, 0.05) is 18.9 Å². The molecule has 0 saturated heterocycles. The average Bonchev–Trinajstić information content (AvgIpc) is 2.05. The molecular weight excluding hydrogens is 156 g/mol. The predicted molar refractivity (Wildman–Crippen MR) is 45.5 cm³/mol. The molecule has 0 amide bonds. The monoisotopic (exact) mass is 170 g/mol. The third-order valence-corrected chi connectivity index (χ3v) is 1.04. The number of carbonyl (C=O) groups is 1. The number of hydrogen-bond donors (Lipinski definition) is 0. The molecule has 0 saturated carbocycles. The Bertz CT molecular complexity index is 176. The maximum atomic E-state index is 10.6. The van der Waals surface area contributed by atoms with Crippen LogP contribution in [-0.4, -0.2) is 25.8 Å². The van der Waals surface area contributed by atoms with Crippen LogP contribution < -0.4 is 0 Å². The van der Waals surface area contributed by atoms with Crippen LogP contribution in [0.15, 0.2) is 0 Å². The van der Waals surface area contributed by atoms with Gasteiger partial charge >= 0.3 is 5.97 Å². The summed E-state index contributed by atoms with van der Waals surface area (Å²) in [6, 6.07) is 0. The van der Waals surface area contributed by atoms with E-state index < -0.39 is 5.97 Å². The Labute approximate surface area is 73.0 Å². The van der Waals surface area contributed by atoms with E-state index in [2.05, 4.69) is 16.6 Å². The van der Waals surface area contributed by atoms with E-state index in [1.54, 1.807) is 6.92 Å². The van der Waals surface area contributed by atoms with E-state index in [-0.39, 0.29) is 0 Å². The van der Waals surface area contributed by atoms with Crippen LogP contribution in [0.5, 0.6) is 0 Å². The van der Waals surface area contributed by atoms with Crippen molar-refractivity contribution in [2.24, 2.45) is 0 Å². The second-order valence-corrected chi connectivity index (χ2v) is 1.97. The number of carbonyl (C=O) groups excluding carboxylic acids is 1. The molecule has 0 spiro atoms. The molecule has 3 heteroatoms. The fourth-order valence-electron chi connectivity index (χ4n) is 0.569. The molecule has 0 aliphatic heterocycles. The topological polar surface area (TPSA) is 35.5 Å². The van der Waals surface area contributed by atoms with Crippen LogP contribution >= 0.6 is 0 Å². The van der Waals surface area contributed by atoms with Gasteiger partial charge in [0.2, 0.25) is 0 Å². The molecule has 0 aliphatic carbocycles. The van der Waals surface area contributed by atoms with Crippen molar-refractivity contribution in [1.82, 2.24) is 0 Å². The predicted octanol–water partition coefficient (Wildman–Crippen LogP) is 0.980. The van der Waals surface area contributed by atoms with Crippen molar-refractivity contribution in [3.8, 4) is 11.8 Å². The maximum Gasteiger partial charge on any atom is 0.384 e. The molecule has 0 fully saturated rings. The third kappa shape index (κ3) is 7.10. The van der Waals surface area contributed by atoms with Crippen molar-refractivity contribution < 1.29 is 14.3 Å². The largest absolute Gasteiger partial charge is 0.456 e. The highest BCUT2D eigenvalue weighted by molar-refractivity contribution is 5.88. The summed E-state index contributed by atoms with van der Waals surface area (Å²) in [5, 5.41) is 0. The maximum absolute atomic E-state index is 10.6. The van der Waals surface area contributed by atoms with Gasteiger partial charge in [-0.25, -0.2) is 4.79 Å². The lowest BCUT2D eigenvalue weighted by molar-refractivity contribution is -0.136. The van der Waals surface area contributed by atoms with E-state index in [4.69, 9.17) is 4.74 Å². The van der Waals surface area contributed by atoms with E-state index in [9.17, 15) is 4.79 Å². The molecule has 0 rings (SSSR count). The van der Waals surface area contributed by atoms with Gasteiger partial charge in [-0.15, -0.1) is 0 Å². The van der Waals surface area contributed by atoms with Gasteiger partial charge in [0.25, 0.3) is 0 Å².